The Labute approximate surface area is 226 Å². The lowest BCUT2D eigenvalue weighted by atomic mass is 9.97. The van der Waals surface area contributed by atoms with Crippen LogP contribution in [0.1, 0.15) is 47.1 Å². The fourth-order valence-electron chi connectivity index (χ4n) is 4.26. The van der Waals surface area contributed by atoms with Crippen LogP contribution in [0.5, 0.6) is 5.75 Å². The van der Waals surface area contributed by atoms with E-state index in [9.17, 15) is 27.2 Å². The minimum Gasteiger partial charge on any atom is -0.466 e. The summed E-state index contributed by atoms with van der Waals surface area (Å²) >= 11 is 1.25. The molecular weight excluding hydrogens is 540 g/mol. The maximum absolute atomic E-state index is 13.9. The number of hydrogen-bond acceptors (Lipinski definition) is 9. The van der Waals surface area contributed by atoms with Crippen LogP contribution in [-0.4, -0.2) is 52.8 Å². The molecule has 1 aliphatic heterocycles. The van der Waals surface area contributed by atoms with Crippen molar-refractivity contribution in [3.63, 3.8) is 0 Å². The standard InChI is InChI=1S/C26H26F4N4O4S/c1-3-21-24(16-5-6-17(27)20(11-16)38-26(28,29)30)33-23(39-21)12-19(35)18-13-32-22(14-31-18)34-9-7-15(8-10-34)25(36)37-4-2/h5-6,11,13-15H,3-4,7-10,12H2,1-2H3. The molecule has 13 heteroatoms. The summed E-state index contributed by atoms with van der Waals surface area (Å²) in [5.74, 6) is -2.14. The highest BCUT2D eigenvalue weighted by atomic mass is 32.1. The van der Waals surface area contributed by atoms with Crippen molar-refractivity contribution in [3.05, 3.63) is 52.0 Å². The van der Waals surface area contributed by atoms with Gasteiger partial charge >= 0.3 is 12.3 Å². The van der Waals surface area contributed by atoms with Gasteiger partial charge in [-0.15, -0.1) is 24.5 Å². The van der Waals surface area contributed by atoms with Crippen LogP contribution in [0.4, 0.5) is 23.4 Å². The fourth-order valence-corrected chi connectivity index (χ4v) is 5.28. The molecule has 8 nitrogen and oxygen atoms in total. The summed E-state index contributed by atoms with van der Waals surface area (Å²) in [7, 11) is 0. The van der Waals surface area contributed by atoms with Gasteiger partial charge in [-0.05, 0) is 44.4 Å². The Balaban J connectivity index is 1.43. The number of esters is 1. The Morgan fingerprint density at radius 3 is 2.49 bits per heavy atom. The monoisotopic (exact) mass is 566 g/mol. The van der Waals surface area contributed by atoms with E-state index in [2.05, 4.69) is 19.7 Å². The normalized spacial score (nSPS) is 14.4. The third-order valence-electron chi connectivity index (χ3n) is 6.17. The third-order valence-corrected chi connectivity index (χ3v) is 7.37. The molecule has 39 heavy (non-hydrogen) atoms. The zero-order valence-corrected chi connectivity index (χ0v) is 22.1. The molecule has 0 aliphatic carbocycles. The molecule has 4 rings (SSSR count). The molecule has 0 spiro atoms. The Morgan fingerprint density at radius 1 is 1.13 bits per heavy atom. The van der Waals surface area contributed by atoms with E-state index >= 15 is 0 Å². The maximum Gasteiger partial charge on any atom is 0.573 e. The van der Waals surface area contributed by atoms with E-state index in [-0.39, 0.29) is 35.3 Å². The average Bonchev–Trinajstić information content (AvgIpc) is 3.32. The number of hydrogen-bond donors (Lipinski definition) is 0. The number of aryl methyl sites for hydroxylation is 1. The number of ketones is 1. The van der Waals surface area contributed by atoms with Crippen LogP contribution < -0.4 is 9.64 Å². The molecule has 0 N–H and O–H groups in total. The number of carbonyl (C=O) groups is 2. The lowest BCUT2D eigenvalue weighted by Gasteiger charge is -2.31. The Bertz CT molecular complexity index is 1320. The lowest BCUT2D eigenvalue weighted by Crippen LogP contribution is -2.37. The van der Waals surface area contributed by atoms with Crippen LogP contribution >= 0.6 is 11.3 Å². The van der Waals surface area contributed by atoms with Crippen molar-refractivity contribution >= 4 is 28.9 Å². The van der Waals surface area contributed by atoms with Crippen molar-refractivity contribution in [2.45, 2.75) is 45.9 Å². The van der Waals surface area contributed by atoms with Gasteiger partial charge in [-0.2, -0.15) is 0 Å². The Kier molecular flexibility index (Phi) is 8.78. The molecule has 0 bridgehead atoms. The highest BCUT2D eigenvalue weighted by Gasteiger charge is 2.33. The number of nitrogens with zero attached hydrogens (tertiary/aromatic N) is 4. The molecular formula is C26H26F4N4O4S. The average molecular weight is 567 g/mol. The summed E-state index contributed by atoms with van der Waals surface area (Å²) in [4.78, 5) is 40.6. The Morgan fingerprint density at radius 2 is 1.87 bits per heavy atom. The molecule has 0 saturated carbocycles. The van der Waals surface area contributed by atoms with Gasteiger partial charge in [0.25, 0.3) is 0 Å². The number of rotatable bonds is 9. The maximum atomic E-state index is 13.9. The predicted molar refractivity (Wildman–Crippen MR) is 135 cm³/mol. The van der Waals surface area contributed by atoms with Crippen LogP contribution in [0, 0.1) is 11.7 Å². The number of Topliss-reactive ketones (excluding diaryl/α,β-unsaturated/α-hetero) is 1. The van der Waals surface area contributed by atoms with Crippen LogP contribution in [0.2, 0.25) is 0 Å². The second-order valence-corrected chi connectivity index (χ2v) is 9.97. The molecule has 0 radical (unpaired) electrons. The number of anilines is 1. The number of benzene rings is 1. The van der Waals surface area contributed by atoms with Gasteiger partial charge in [0.2, 0.25) is 0 Å². The first-order valence-electron chi connectivity index (χ1n) is 12.4. The molecule has 3 heterocycles. The number of piperidine rings is 1. The third kappa shape index (κ3) is 7.08. The van der Waals surface area contributed by atoms with Crippen molar-refractivity contribution < 1.29 is 36.6 Å². The minimum atomic E-state index is -5.04. The topological polar surface area (TPSA) is 94.5 Å². The van der Waals surface area contributed by atoms with E-state index in [1.165, 1.54) is 29.8 Å². The van der Waals surface area contributed by atoms with Crippen molar-refractivity contribution in [2.24, 2.45) is 5.92 Å². The summed E-state index contributed by atoms with van der Waals surface area (Å²) < 4.78 is 60.7. The van der Waals surface area contributed by atoms with Crippen LogP contribution in [0.3, 0.4) is 0 Å². The Hall–Kier alpha value is -3.61. The summed E-state index contributed by atoms with van der Waals surface area (Å²) in [6.07, 6.45) is -0.410. The molecule has 0 amide bonds. The molecule has 1 aliphatic rings. The van der Waals surface area contributed by atoms with Gasteiger partial charge in [-0.25, -0.2) is 19.3 Å². The summed E-state index contributed by atoms with van der Waals surface area (Å²) in [5.41, 5.74) is 0.765. The number of carbonyl (C=O) groups excluding carboxylic acids is 2. The van der Waals surface area contributed by atoms with Crippen LogP contribution in [-0.2, 0) is 22.4 Å². The van der Waals surface area contributed by atoms with Gasteiger partial charge in [-0.1, -0.05) is 6.92 Å². The highest BCUT2D eigenvalue weighted by molar-refractivity contribution is 7.12. The van der Waals surface area contributed by atoms with E-state index in [1.54, 1.807) is 6.92 Å². The van der Waals surface area contributed by atoms with Crippen LogP contribution in [0.15, 0.2) is 30.6 Å². The SMILES string of the molecule is CCOC(=O)C1CCN(c2cnc(C(=O)Cc3nc(-c4ccc(F)c(OC(F)(F)F)c4)c(CC)s3)cn2)CC1. The van der Waals surface area contributed by atoms with Gasteiger partial charge in [0, 0.05) is 23.5 Å². The van der Waals surface area contributed by atoms with Crippen LogP contribution in [0.25, 0.3) is 11.3 Å². The molecule has 0 unspecified atom stereocenters. The molecule has 2 aromatic heterocycles. The van der Waals surface area contributed by atoms with E-state index in [0.717, 1.165) is 17.0 Å². The second kappa shape index (κ2) is 12.1. The van der Waals surface area contributed by atoms with E-state index in [1.807, 2.05) is 11.8 Å². The first-order valence-corrected chi connectivity index (χ1v) is 13.2. The van der Waals surface area contributed by atoms with Crippen molar-refractivity contribution in [2.75, 3.05) is 24.6 Å². The number of ether oxygens (including phenoxy) is 2. The second-order valence-electron chi connectivity index (χ2n) is 8.80. The molecule has 0 atom stereocenters. The first kappa shape index (κ1) is 28.4. The van der Waals surface area contributed by atoms with Crippen molar-refractivity contribution in [3.8, 4) is 17.0 Å². The molecule has 3 aromatic rings. The lowest BCUT2D eigenvalue weighted by molar-refractivity contribution is -0.275. The molecule has 1 fully saturated rings. The first-order chi connectivity index (χ1) is 18.6. The van der Waals surface area contributed by atoms with Crippen molar-refractivity contribution in [1.82, 2.24) is 15.0 Å². The number of aromatic nitrogens is 3. The highest BCUT2D eigenvalue weighted by Crippen LogP contribution is 2.34. The van der Waals surface area contributed by atoms with E-state index in [0.29, 0.717) is 55.5 Å². The number of alkyl halides is 3. The van der Waals surface area contributed by atoms with E-state index < -0.39 is 17.9 Å². The zero-order valence-electron chi connectivity index (χ0n) is 21.3. The number of halogens is 4. The summed E-state index contributed by atoms with van der Waals surface area (Å²) in [6, 6.07) is 3.15. The smallest absolute Gasteiger partial charge is 0.466 e. The molecule has 208 valence electrons. The minimum absolute atomic E-state index is 0.0796. The molecule has 1 saturated heterocycles. The summed E-state index contributed by atoms with van der Waals surface area (Å²) in [6.45, 7) is 5.21. The van der Waals surface area contributed by atoms with Gasteiger partial charge in [0.15, 0.2) is 17.3 Å². The van der Waals surface area contributed by atoms with Gasteiger partial charge in [0.1, 0.15) is 16.5 Å². The van der Waals surface area contributed by atoms with Gasteiger partial charge < -0.3 is 14.4 Å². The predicted octanol–water partition coefficient (Wildman–Crippen LogP) is 5.41. The number of thiazole rings is 1. The van der Waals surface area contributed by atoms with Gasteiger partial charge in [-0.3, -0.25) is 9.59 Å². The largest absolute Gasteiger partial charge is 0.573 e. The van der Waals surface area contributed by atoms with E-state index in [4.69, 9.17) is 4.74 Å². The molecule has 1 aromatic carbocycles. The van der Waals surface area contributed by atoms with Crippen molar-refractivity contribution in [1.29, 1.82) is 0 Å². The zero-order chi connectivity index (χ0) is 28.2. The summed E-state index contributed by atoms with van der Waals surface area (Å²) in [5, 5.41) is 0.446. The fraction of sp³-hybridized carbons (Fsp3) is 0.423. The van der Waals surface area contributed by atoms with Gasteiger partial charge in [0.05, 0.1) is 37.0 Å². The quantitative estimate of drug-likeness (QED) is 0.193.